The van der Waals surface area contributed by atoms with Gasteiger partial charge in [-0.3, -0.25) is 0 Å². The van der Waals surface area contributed by atoms with E-state index in [4.69, 9.17) is 4.74 Å². The fraction of sp³-hybridized carbons (Fsp3) is 0.294. The minimum absolute atomic E-state index is 0.305. The molecule has 0 heterocycles. The second-order valence-electron chi connectivity index (χ2n) is 5.00. The SMILES string of the molecule is COc1ccccc1N(C)C(C)Cc1ccc(O)cc1. The van der Waals surface area contributed by atoms with E-state index in [0.29, 0.717) is 11.8 Å². The van der Waals surface area contributed by atoms with E-state index in [1.165, 1.54) is 5.56 Å². The molecule has 20 heavy (non-hydrogen) atoms. The molecule has 0 amide bonds. The summed E-state index contributed by atoms with van der Waals surface area (Å²) in [5.41, 5.74) is 2.29. The molecule has 0 aliphatic rings. The van der Waals surface area contributed by atoms with Gasteiger partial charge >= 0.3 is 0 Å². The Morgan fingerprint density at radius 2 is 1.75 bits per heavy atom. The van der Waals surface area contributed by atoms with Gasteiger partial charge in [-0.2, -0.15) is 0 Å². The van der Waals surface area contributed by atoms with Crippen molar-refractivity contribution in [3.63, 3.8) is 0 Å². The number of aromatic hydroxyl groups is 1. The zero-order chi connectivity index (χ0) is 14.5. The first kappa shape index (κ1) is 14.3. The van der Waals surface area contributed by atoms with Crippen LogP contribution in [0, 0.1) is 0 Å². The fourth-order valence-electron chi connectivity index (χ4n) is 2.27. The van der Waals surface area contributed by atoms with Gasteiger partial charge in [0.15, 0.2) is 0 Å². The number of phenolic OH excluding ortho intramolecular Hbond substituents is 1. The van der Waals surface area contributed by atoms with Gasteiger partial charge in [-0.15, -0.1) is 0 Å². The number of hydrogen-bond donors (Lipinski definition) is 1. The maximum Gasteiger partial charge on any atom is 0.142 e. The van der Waals surface area contributed by atoms with Crippen molar-refractivity contribution >= 4 is 5.69 Å². The number of benzene rings is 2. The van der Waals surface area contributed by atoms with Gasteiger partial charge in [0.1, 0.15) is 11.5 Å². The molecule has 0 bridgehead atoms. The maximum absolute atomic E-state index is 9.32. The molecule has 0 aliphatic carbocycles. The van der Waals surface area contributed by atoms with Crippen molar-refractivity contribution in [3.05, 3.63) is 54.1 Å². The van der Waals surface area contributed by atoms with Crippen molar-refractivity contribution in [2.24, 2.45) is 0 Å². The molecule has 2 rings (SSSR count). The lowest BCUT2D eigenvalue weighted by atomic mass is 10.1. The van der Waals surface area contributed by atoms with Gasteiger partial charge in [-0.25, -0.2) is 0 Å². The van der Waals surface area contributed by atoms with Crippen LogP contribution in [0.4, 0.5) is 5.69 Å². The highest BCUT2D eigenvalue weighted by Gasteiger charge is 2.14. The van der Waals surface area contributed by atoms with Crippen LogP contribution in [0.3, 0.4) is 0 Å². The molecule has 0 aliphatic heterocycles. The van der Waals surface area contributed by atoms with Gasteiger partial charge < -0.3 is 14.7 Å². The number of nitrogens with zero attached hydrogens (tertiary/aromatic N) is 1. The van der Waals surface area contributed by atoms with E-state index in [9.17, 15) is 5.11 Å². The zero-order valence-electron chi connectivity index (χ0n) is 12.2. The van der Waals surface area contributed by atoms with Crippen molar-refractivity contribution in [3.8, 4) is 11.5 Å². The molecule has 0 saturated carbocycles. The van der Waals surface area contributed by atoms with Crippen LogP contribution in [-0.2, 0) is 6.42 Å². The van der Waals surface area contributed by atoms with Gasteiger partial charge in [-0.05, 0) is 43.2 Å². The lowest BCUT2D eigenvalue weighted by Crippen LogP contribution is -2.31. The Kier molecular flexibility index (Phi) is 4.51. The summed E-state index contributed by atoms with van der Waals surface area (Å²) >= 11 is 0. The average Bonchev–Trinajstić information content (AvgIpc) is 2.48. The van der Waals surface area contributed by atoms with Gasteiger partial charge in [0.25, 0.3) is 0 Å². The van der Waals surface area contributed by atoms with E-state index >= 15 is 0 Å². The Labute approximate surface area is 120 Å². The molecule has 0 radical (unpaired) electrons. The van der Waals surface area contributed by atoms with Gasteiger partial charge in [0, 0.05) is 13.1 Å². The molecule has 3 heteroatoms. The standard InChI is InChI=1S/C17H21NO2/c1-13(12-14-8-10-15(19)11-9-14)18(2)16-6-4-5-7-17(16)20-3/h4-11,13,19H,12H2,1-3H3. The van der Waals surface area contributed by atoms with Crippen LogP contribution in [0.2, 0.25) is 0 Å². The summed E-state index contributed by atoms with van der Waals surface area (Å²) in [5.74, 6) is 1.19. The van der Waals surface area contributed by atoms with Crippen molar-refractivity contribution in [1.29, 1.82) is 0 Å². The van der Waals surface area contributed by atoms with Crippen LogP contribution in [0.25, 0.3) is 0 Å². The summed E-state index contributed by atoms with van der Waals surface area (Å²) in [6.07, 6.45) is 0.912. The number of methoxy groups -OCH3 is 1. The normalized spacial score (nSPS) is 11.9. The first-order valence-corrected chi connectivity index (χ1v) is 6.75. The summed E-state index contributed by atoms with van der Waals surface area (Å²) < 4.78 is 5.41. The molecule has 0 saturated heterocycles. The first-order chi connectivity index (χ1) is 9.61. The van der Waals surface area contributed by atoms with Crippen molar-refractivity contribution in [2.45, 2.75) is 19.4 Å². The summed E-state index contributed by atoms with van der Waals surface area (Å²) in [5, 5.41) is 9.32. The molecule has 2 aromatic carbocycles. The maximum atomic E-state index is 9.32. The number of para-hydroxylation sites is 2. The van der Waals surface area contributed by atoms with Crippen molar-refractivity contribution in [2.75, 3.05) is 19.1 Å². The van der Waals surface area contributed by atoms with Crippen LogP contribution >= 0.6 is 0 Å². The molecule has 2 aromatic rings. The van der Waals surface area contributed by atoms with Crippen LogP contribution in [0.5, 0.6) is 11.5 Å². The second kappa shape index (κ2) is 6.33. The number of phenols is 1. The van der Waals surface area contributed by atoms with Crippen molar-refractivity contribution < 1.29 is 9.84 Å². The van der Waals surface area contributed by atoms with Gasteiger partial charge in [0.2, 0.25) is 0 Å². The van der Waals surface area contributed by atoms with Crippen LogP contribution < -0.4 is 9.64 Å². The number of hydrogen-bond acceptors (Lipinski definition) is 3. The van der Waals surface area contributed by atoms with Crippen LogP contribution in [0.15, 0.2) is 48.5 Å². The number of anilines is 1. The molecule has 1 unspecified atom stereocenters. The summed E-state index contributed by atoms with van der Waals surface area (Å²) in [7, 11) is 3.76. The van der Waals surface area contributed by atoms with E-state index in [0.717, 1.165) is 17.9 Å². The zero-order valence-corrected chi connectivity index (χ0v) is 12.2. The van der Waals surface area contributed by atoms with E-state index in [1.54, 1.807) is 19.2 Å². The monoisotopic (exact) mass is 271 g/mol. The lowest BCUT2D eigenvalue weighted by molar-refractivity contribution is 0.413. The Morgan fingerprint density at radius 1 is 1.10 bits per heavy atom. The summed E-state index contributed by atoms with van der Waals surface area (Å²) in [6.45, 7) is 2.18. The largest absolute Gasteiger partial charge is 0.508 e. The van der Waals surface area contributed by atoms with Crippen LogP contribution in [0.1, 0.15) is 12.5 Å². The fourth-order valence-corrected chi connectivity index (χ4v) is 2.27. The van der Waals surface area contributed by atoms with E-state index in [1.807, 2.05) is 30.3 Å². The second-order valence-corrected chi connectivity index (χ2v) is 5.00. The lowest BCUT2D eigenvalue weighted by Gasteiger charge is -2.28. The number of ether oxygens (including phenoxy) is 1. The van der Waals surface area contributed by atoms with E-state index < -0.39 is 0 Å². The Balaban J connectivity index is 2.12. The molecule has 0 spiro atoms. The Hall–Kier alpha value is -2.16. The highest BCUT2D eigenvalue weighted by molar-refractivity contribution is 5.58. The molecule has 0 aromatic heterocycles. The third-order valence-electron chi connectivity index (χ3n) is 3.59. The molecule has 1 atom stereocenters. The highest BCUT2D eigenvalue weighted by atomic mass is 16.5. The van der Waals surface area contributed by atoms with E-state index in [-0.39, 0.29) is 0 Å². The molecule has 106 valence electrons. The minimum atomic E-state index is 0.305. The summed E-state index contributed by atoms with van der Waals surface area (Å²) in [6, 6.07) is 15.7. The van der Waals surface area contributed by atoms with E-state index in [2.05, 4.69) is 24.9 Å². The third-order valence-corrected chi connectivity index (χ3v) is 3.59. The molecule has 1 N–H and O–H groups in total. The smallest absolute Gasteiger partial charge is 0.142 e. The number of rotatable bonds is 5. The van der Waals surface area contributed by atoms with Gasteiger partial charge in [0.05, 0.1) is 12.8 Å². The molecule has 3 nitrogen and oxygen atoms in total. The Morgan fingerprint density at radius 3 is 2.40 bits per heavy atom. The quantitative estimate of drug-likeness (QED) is 0.904. The Bertz CT molecular complexity index is 551. The average molecular weight is 271 g/mol. The van der Waals surface area contributed by atoms with Crippen LogP contribution in [-0.4, -0.2) is 25.3 Å². The molecule has 0 fully saturated rings. The number of likely N-dealkylation sites (N-methyl/N-ethyl adjacent to an activating group) is 1. The minimum Gasteiger partial charge on any atom is -0.508 e. The molecular formula is C17H21NO2. The topological polar surface area (TPSA) is 32.7 Å². The van der Waals surface area contributed by atoms with Crippen molar-refractivity contribution in [1.82, 2.24) is 0 Å². The summed E-state index contributed by atoms with van der Waals surface area (Å²) in [4.78, 5) is 2.21. The molecular weight excluding hydrogens is 250 g/mol. The highest BCUT2D eigenvalue weighted by Crippen LogP contribution is 2.28. The third kappa shape index (κ3) is 3.23. The first-order valence-electron chi connectivity index (χ1n) is 6.75. The predicted octanol–water partition coefficient (Wildman–Crippen LogP) is 3.47. The van der Waals surface area contributed by atoms with Gasteiger partial charge in [-0.1, -0.05) is 24.3 Å². The predicted molar refractivity (Wildman–Crippen MR) is 82.7 cm³/mol.